The maximum Gasteiger partial charge on any atom is 0.191 e. The topological polar surface area (TPSA) is 57.5 Å². The van der Waals surface area contributed by atoms with E-state index in [2.05, 4.69) is 55.3 Å². The van der Waals surface area contributed by atoms with Gasteiger partial charge in [0.25, 0.3) is 0 Å². The van der Waals surface area contributed by atoms with Crippen molar-refractivity contribution in [3.8, 4) is 0 Å². The molecule has 2 N–H and O–H groups in total. The molecule has 1 saturated heterocycles. The lowest BCUT2D eigenvalue weighted by molar-refractivity contribution is 0.0982. The van der Waals surface area contributed by atoms with Crippen molar-refractivity contribution in [2.24, 2.45) is 12.0 Å². The summed E-state index contributed by atoms with van der Waals surface area (Å²) in [5, 5.41) is 11.4. The Kier molecular flexibility index (Phi) is 6.87. The zero-order valence-corrected chi connectivity index (χ0v) is 16.9. The number of aromatic nitrogens is 2. The SMILES string of the molecule is CCNC(=NCc1c(C)nn(C)c1C)NCC(C)(C)N1CCCCC1. The summed E-state index contributed by atoms with van der Waals surface area (Å²) < 4.78 is 1.93. The van der Waals surface area contributed by atoms with Gasteiger partial charge < -0.3 is 10.6 Å². The zero-order valence-electron chi connectivity index (χ0n) is 16.9. The van der Waals surface area contributed by atoms with E-state index in [0.717, 1.165) is 24.7 Å². The van der Waals surface area contributed by atoms with Crippen LogP contribution in [0.4, 0.5) is 0 Å². The first-order valence-electron chi connectivity index (χ1n) is 9.61. The number of aryl methyl sites for hydroxylation is 2. The van der Waals surface area contributed by atoms with E-state index in [4.69, 9.17) is 4.99 Å². The van der Waals surface area contributed by atoms with Crippen molar-refractivity contribution >= 4 is 5.96 Å². The maximum absolute atomic E-state index is 4.79. The second-order valence-electron chi connectivity index (χ2n) is 7.68. The van der Waals surface area contributed by atoms with Crippen LogP contribution in [0.1, 0.15) is 57.0 Å². The molecule has 0 atom stereocenters. The smallest absolute Gasteiger partial charge is 0.191 e. The van der Waals surface area contributed by atoms with Crippen LogP contribution >= 0.6 is 0 Å². The number of nitrogens with zero attached hydrogens (tertiary/aromatic N) is 4. The summed E-state index contributed by atoms with van der Waals surface area (Å²) in [6, 6.07) is 0. The molecule has 0 spiro atoms. The van der Waals surface area contributed by atoms with Crippen LogP contribution in [0.2, 0.25) is 0 Å². The van der Waals surface area contributed by atoms with Gasteiger partial charge in [-0.2, -0.15) is 5.10 Å². The average molecular weight is 349 g/mol. The highest BCUT2D eigenvalue weighted by atomic mass is 15.3. The molecular formula is C19H36N6. The Labute approximate surface area is 153 Å². The molecule has 25 heavy (non-hydrogen) atoms. The number of nitrogens with one attached hydrogen (secondary N) is 2. The molecule has 0 saturated carbocycles. The summed E-state index contributed by atoms with van der Waals surface area (Å²) >= 11 is 0. The Bertz CT molecular complexity index is 581. The van der Waals surface area contributed by atoms with Crippen molar-refractivity contribution < 1.29 is 0 Å². The molecule has 1 aromatic heterocycles. The van der Waals surface area contributed by atoms with Gasteiger partial charge in [0.15, 0.2) is 5.96 Å². The van der Waals surface area contributed by atoms with Crippen LogP contribution < -0.4 is 10.6 Å². The van der Waals surface area contributed by atoms with Crippen LogP contribution in [0.3, 0.4) is 0 Å². The number of guanidine groups is 1. The summed E-state index contributed by atoms with van der Waals surface area (Å²) in [4.78, 5) is 7.39. The van der Waals surface area contributed by atoms with Gasteiger partial charge in [-0.3, -0.25) is 9.58 Å². The first-order valence-corrected chi connectivity index (χ1v) is 9.61. The van der Waals surface area contributed by atoms with Crippen LogP contribution in [-0.2, 0) is 13.6 Å². The molecule has 1 aliphatic heterocycles. The predicted molar refractivity (Wildman–Crippen MR) is 105 cm³/mol. The van der Waals surface area contributed by atoms with E-state index in [1.165, 1.54) is 43.6 Å². The Hall–Kier alpha value is -1.56. The van der Waals surface area contributed by atoms with E-state index in [1.54, 1.807) is 0 Å². The third-order valence-corrected chi connectivity index (χ3v) is 5.30. The van der Waals surface area contributed by atoms with Gasteiger partial charge >= 0.3 is 0 Å². The third-order valence-electron chi connectivity index (χ3n) is 5.30. The van der Waals surface area contributed by atoms with E-state index in [-0.39, 0.29) is 5.54 Å². The highest BCUT2D eigenvalue weighted by molar-refractivity contribution is 5.79. The molecule has 2 rings (SSSR count). The number of hydrogen-bond acceptors (Lipinski definition) is 3. The number of piperidine rings is 1. The monoisotopic (exact) mass is 348 g/mol. The highest BCUT2D eigenvalue weighted by Gasteiger charge is 2.27. The van der Waals surface area contributed by atoms with Gasteiger partial charge in [-0.25, -0.2) is 4.99 Å². The van der Waals surface area contributed by atoms with Gasteiger partial charge in [-0.05, 0) is 60.5 Å². The standard InChI is InChI=1S/C19H36N6/c1-7-20-18(21-13-17-15(2)23-24(6)16(17)3)22-14-19(4,5)25-11-9-8-10-12-25/h7-14H2,1-6H3,(H2,20,21,22). The van der Waals surface area contributed by atoms with E-state index >= 15 is 0 Å². The van der Waals surface area contributed by atoms with Crippen molar-refractivity contribution in [3.05, 3.63) is 17.0 Å². The molecule has 1 fully saturated rings. The third kappa shape index (κ3) is 5.21. The first kappa shape index (κ1) is 19.8. The van der Waals surface area contributed by atoms with E-state index < -0.39 is 0 Å². The Morgan fingerprint density at radius 3 is 2.40 bits per heavy atom. The minimum atomic E-state index is 0.136. The largest absolute Gasteiger partial charge is 0.357 e. The first-order chi connectivity index (χ1) is 11.8. The molecule has 6 nitrogen and oxygen atoms in total. The fourth-order valence-electron chi connectivity index (χ4n) is 3.46. The van der Waals surface area contributed by atoms with E-state index in [9.17, 15) is 0 Å². The Morgan fingerprint density at radius 1 is 1.16 bits per heavy atom. The molecule has 0 bridgehead atoms. The molecular weight excluding hydrogens is 312 g/mol. The number of rotatable bonds is 6. The second-order valence-corrected chi connectivity index (χ2v) is 7.68. The van der Waals surface area contributed by atoms with Gasteiger partial charge in [0.1, 0.15) is 0 Å². The summed E-state index contributed by atoms with van der Waals surface area (Å²) in [6.45, 7) is 15.7. The van der Waals surface area contributed by atoms with Crippen molar-refractivity contribution in [2.75, 3.05) is 26.2 Å². The molecule has 6 heteroatoms. The fourth-order valence-corrected chi connectivity index (χ4v) is 3.46. The molecule has 1 aliphatic rings. The van der Waals surface area contributed by atoms with Gasteiger partial charge in [0.2, 0.25) is 0 Å². The van der Waals surface area contributed by atoms with Crippen LogP contribution in [0.5, 0.6) is 0 Å². The van der Waals surface area contributed by atoms with E-state index in [0.29, 0.717) is 6.54 Å². The van der Waals surface area contributed by atoms with Crippen LogP contribution in [0, 0.1) is 13.8 Å². The summed E-state index contributed by atoms with van der Waals surface area (Å²) in [5.41, 5.74) is 3.60. The van der Waals surface area contributed by atoms with Crippen LogP contribution in [0.15, 0.2) is 4.99 Å². The lowest BCUT2D eigenvalue weighted by Crippen LogP contribution is -2.54. The molecule has 0 unspecified atom stereocenters. The molecule has 142 valence electrons. The fraction of sp³-hybridized carbons (Fsp3) is 0.789. The van der Waals surface area contributed by atoms with Crippen LogP contribution in [0.25, 0.3) is 0 Å². The van der Waals surface area contributed by atoms with Crippen molar-refractivity contribution in [2.45, 2.75) is 66.0 Å². The zero-order chi connectivity index (χ0) is 18.4. The highest BCUT2D eigenvalue weighted by Crippen LogP contribution is 2.19. The minimum absolute atomic E-state index is 0.136. The second kappa shape index (κ2) is 8.70. The quantitative estimate of drug-likeness (QED) is 0.612. The average Bonchev–Trinajstić information content (AvgIpc) is 2.83. The maximum atomic E-state index is 4.79. The molecule has 0 aromatic carbocycles. The number of hydrogen-bond donors (Lipinski definition) is 2. The summed E-state index contributed by atoms with van der Waals surface area (Å²) in [5.74, 6) is 0.884. The molecule has 0 radical (unpaired) electrons. The predicted octanol–water partition coefficient (Wildman–Crippen LogP) is 2.36. The lowest BCUT2D eigenvalue weighted by atomic mass is 9.98. The molecule has 1 aromatic rings. The van der Waals surface area contributed by atoms with Crippen molar-refractivity contribution in [3.63, 3.8) is 0 Å². The van der Waals surface area contributed by atoms with Gasteiger partial charge in [0.05, 0.1) is 12.2 Å². The minimum Gasteiger partial charge on any atom is -0.357 e. The van der Waals surface area contributed by atoms with Crippen LogP contribution in [-0.4, -0.2) is 52.4 Å². The Morgan fingerprint density at radius 2 is 1.84 bits per heavy atom. The molecule has 2 heterocycles. The van der Waals surface area contributed by atoms with Gasteiger partial charge in [-0.1, -0.05) is 6.42 Å². The normalized spacial score (nSPS) is 17.0. The lowest BCUT2D eigenvalue weighted by Gasteiger charge is -2.41. The number of aliphatic imine (C=N–C) groups is 1. The summed E-state index contributed by atoms with van der Waals surface area (Å²) in [6.07, 6.45) is 4.00. The number of likely N-dealkylation sites (tertiary alicyclic amines) is 1. The van der Waals surface area contributed by atoms with Gasteiger partial charge in [-0.15, -0.1) is 0 Å². The Balaban J connectivity index is 1.99. The van der Waals surface area contributed by atoms with E-state index in [1.807, 2.05) is 11.7 Å². The summed E-state index contributed by atoms with van der Waals surface area (Å²) in [7, 11) is 1.99. The van der Waals surface area contributed by atoms with Crippen molar-refractivity contribution in [1.29, 1.82) is 0 Å². The molecule has 0 aliphatic carbocycles. The molecule has 0 amide bonds. The van der Waals surface area contributed by atoms with Gasteiger partial charge in [0, 0.05) is 36.9 Å². The van der Waals surface area contributed by atoms with Crippen molar-refractivity contribution in [1.82, 2.24) is 25.3 Å².